The van der Waals surface area contributed by atoms with Crippen molar-refractivity contribution in [2.45, 2.75) is 45.2 Å². The maximum Gasteiger partial charge on any atom is 0.257 e. The Morgan fingerprint density at radius 1 is 1.18 bits per heavy atom. The van der Waals surface area contributed by atoms with Gasteiger partial charge in [-0.3, -0.25) is 9.59 Å². The third-order valence-corrected chi connectivity index (χ3v) is 5.19. The van der Waals surface area contributed by atoms with Crippen LogP contribution in [-0.2, 0) is 18.4 Å². The van der Waals surface area contributed by atoms with Crippen LogP contribution in [0.25, 0.3) is 0 Å². The Balaban J connectivity index is 1.75. The number of carbonyl (C=O) groups is 2. The molecule has 1 aliphatic rings. The highest BCUT2D eigenvalue weighted by Crippen LogP contribution is 2.28. The summed E-state index contributed by atoms with van der Waals surface area (Å²) in [4.78, 5) is 29.3. The van der Waals surface area contributed by atoms with Crippen LogP contribution in [0.5, 0.6) is 0 Å². The van der Waals surface area contributed by atoms with Gasteiger partial charge in [-0.2, -0.15) is 0 Å². The fourth-order valence-corrected chi connectivity index (χ4v) is 3.30. The van der Waals surface area contributed by atoms with Crippen LogP contribution < -0.4 is 0 Å². The van der Waals surface area contributed by atoms with Gasteiger partial charge in [-0.25, -0.2) is 4.39 Å². The van der Waals surface area contributed by atoms with E-state index in [1.807, 2.05) is 41.8 Å². The number of unbranched alkanes of at least 4 members (excludes halogenated alkanes) is 1. The Morgan fingerprint density at radius 2 is 1.93 bits per heavy atom. The van der Waals surface area contributed by atoms with Crippen LogP contribution in [0.15, 0.2) is 42.6 Å². The summed E-state index contributed by atoms with van der Waals surface area (Å²) in [7, 11) is 1.96. The standard InChI is InChI=1S/C22H28FN3O2/c1-3-4-14-25(22(28)19-9-5-6-10-20(19)23)16-21(27)26(17-11-12-17)15-18-8-7-13-24(18)2/h5-10,13,17H,3-4,11-12,14-16H2,1-2H3. The molecule has 5 nitrogen and oxygen atoms in total. The Morgan fingerprint density at radius 3 is 2.54 bits per heavy atom. The third kappa shape index (κ3) is 4.80. The van der Waals surface area contributed by atoms with Crippen LogP contribution in [0.2, 0.25) is 0 Å². The minimum absolute atomic E-state index is 0.0198. The van der Waals surface area contributed by atoms with Crippen molar-refractivity contribution in [3.05, 3.63) is 59.7 Å². The van der Waals surface area contributed by atoms with E-state index in [-0.39, 0.29) is 24.1 Å². The smallest absolute Gasteiger partial charge is 0.257 e. The van der Waals surface area contributed by atoms with Crippen molar-refractivity contribution in [3.63, 3.8) is 0 Å². The number of aryl methyl sites for hydroxylation is 1. The van der Waals surface area contributed by atoms with Gasteiger partial charge in [0.2, 0.25) is 5.91 Å². The second-order valence-corrected chi connectivity index (χ2v) is 7.42. The first-order valence-corrected chi connectivity index (χ1v) is 9.94. The highest BCUT2D eigenvalue weighted by Gasteiger charge is 2.34. The molecule has 1 heterocycles. The van der Waals surface area contributed by atoms with Gasteiger partial charge in [-0.05, 0) is 43.5 Å². The maximum atomic E-state index is 14.1. The maximum absolute atomic E-state index is 14.1. The number of nitrogens with zero attached hydrogens (tertiary/aromatic N) is 3. The highest BCUT2D eigenvalue weighted by atomic mass is 19.1. The molecule has 1 aliphatic carbocycles. The molecule has 3 rings (SSSR count). The summed E-state index contributed by atoms with van der Waals surface area (Å²) < 4.78 is 16.1. The molecular formula is C22H28FN3O2. The Labute approximate surface area is 165 Å². The zero-order chi connectivity index (χ0) is 20.1. The molecule has 150 valence electrons. The SMILES string of the molecule is CCCCN(CC(=O)N(Cc1cccn1C)C1CC1)C(=O)c1ccccc1F. The van der Waals surface area contributed by atoms with Crippen molar-refractivity contribution in [3.8, 4) is 0 Å². The average Bonchev–Trinajstić information content (AvgIpc) is 3.45. The van der Waals surface area contributed by atoms with Gasteiger partial charge in [0.05, 0.1) is 12.1 Å². The first kappa shape index (κ1) is 20.1. The monoisotopic (exact) mass is 385 g/mol. The van der Waals surface area contributed by atoms with E-state index >= 15 is 0 Å². The lowest BCUT2D eigenvalue weighted by Crippen LogP contribution is -2.44. The van der Waals surface area contributed by atoms with Gasteiger partial charge in [-0.1, -0.05) is 25.5 Å². The predicted octanol–water partition coefficient (Wildman–Crippen LogP) is 3.60. The van der Waals surface area contributed by atoms with Crippen LogP contribution >= 0.6 is 0 Å². The Kier molecular flexibility index (Phi) is 6.49. The number of halogens is 1. The minimum Gasteiger partial charge on any atom is -0.353 e. The van der Waals surface area contributed by atoms with Crippen molar-refractivity contribution in [2.75, 3.05) is 13.1 Å². The first-order valence-electron chi connectivity index (χ1n) is 9.94. The molecule has 6 heteroatoms. The van der Waals surface area contributed by atoms with E-state index in [0.29, 0.717) is 13.1 Å². The summed E-state index contributed by atoms with van der Waals surface area (Å²) in [6.07, 6.45) is 5.61. The molecule has 1 aromatic heterocycles. The lowest BCUT2D eigenvalue weighted by molar-refractivity contribution is -0.133. The Bertz CT molecular complexity index is 829. The predicted molar refractivity (Wildman–Crippen MR) is 106 cm³/mol. The number of hydrogen-bond acceptors (Lipinski definition) is 2. The van der Waals surface area contributed by atoms with Crippen LogP contribution in [0.4, 0.5) is 4.39 Å². The van der Waals surface area contributed by atoms with Crippen molar-refractivity contribution < 1.29 is 14.0 Å². The van der Waals surface area contributed by atoms with Crippen LogP contribution in [-0.4, -0.2) is 45.3 Å². The molecule has 0 radical (unpaired) electrons. The summed E-state index contributed by atoms with van der Waals surface area (Å²) in [5.41, 5.74) is 1.08. The molecule has 1 fully saturated rings. The zero-order valence-corrected chi connectivity index (χ0v) is 16.6. The quantitative estimate of drug-likeness (QED) is 0.662. The van der Waals surface area contributed by atoms with Gasteiger partial charge in [-0.15, -0.1) is 0 Å². The molecule has 0 bridgehead atoms. The number of carbonyl (C=O) groups excluding carboxylic acids is 2. The molecule has 0 unspecified atom stereocenters. The summed E-state index contributed by atoms with van der Waals surface area (Å²) in [5, 5.41) is 0. The van der Waals surface area contributed by atoms with E-state index in [0.717, 1.165) is 31.4 Å². The summed E-state index contributed by atoms with van der Waals surface area (Å²) in [6.45, 7) is 2.98. The number of hydrogen-bond donors (Lipinski definition) is 0. The van der Waals surface area contributed by atoms with Crippen LogP contribution in [0.3, 0.4) is 0 Å². The second kappa shape index (κ2) is 9.04. The van der Waals surface area contributed by atoms with Gasteiger partial charge < -0.3 is 14.4 Å². The third-order valence-electron chi connectivity index (χ3n) is 5.19. The van der Waals surface area contributed by atoms with Gasteiger partial charge in [0.1, 0.15) is 12.4 Å². The molecular weight excluding hydrogens is 357 g/mol. The molecule has 28 heavy (non-hydrogen) atoms. The van der Waals surface area contributed by atoms with E-state index in [9.17, 15) is 14.0 Å². The molecule has 0 saturated heterocycles. The van der Waals surface area contributed by atoms with Crippen LogP contribution in [0.1, 0.15) is 48.7 Å². The number of amides is 2. The molecule has 0 spiro atoms. The largest absolute Gasteiger partial charge is 0.353 e. The average molecular weight is 385 g/mol. The molecule has 0 N–H and O–H groups in total. The number of rotatable bonds is 9. The summed E-state index contributed by atoms with van der Waals surface area (Å²) in [5.74, 6) is -1.05. The normalized spacial score (nSPS) is 13.4. The zero-order valence-electron chi connectivity index (χ0n) is 16.6. The first-order chi connectivity index (χ1) is 13.5. The van der Waals surface area contributed by atoms with Gasteiger partial charge in [0.25, 0.3) is 5.91 Å². The summed E-state index contributed by atoms with van der Waals surface area (Å²) in [6, 6.07) is 10.1. The minimum atomic E-state index is -0.552. The number of benzene rings is 1. The lowest BCUT2D eigenvalue weighted by Gasteiger charge is -2.28. The van der Waals surface area contributed by atoms with E-state index in [2.05, 4.69) is 0 Å². The van der Waals surface area contributed by atoms with E-state index in [1.165, 1.54) is 17.0 Å². The van der Waals surface area contributed by atoms with Crippen molar-refractivity contribution in [2.24, 2.45) is 7.05 Å². The second-order valence-electron chi connectivity index (χ2n) is 7.42. The lowest BCUT2D eigenvalue weighted by atomic mass is 10.1. The van der Waals surface area contributed by atoms with Crippen molar-refractivity contribution in [1.29, 1.82) is 0 Å². The number of aromatic nitrogens is 1. The van der Waals surface area contributed by atoms with Gasteiger partial charge in [0.15, 0.2) is 0 Å². The molecule has 2 aromatic rings. The Hall–Kier alpha value is -2.63. The van der Waals surface area contributed by atoms with Crippen molar-refractivity contribution in [1.82, 2.24) is 14.4 Å². The van der Waals surface area contributed by atoms with Gasteiger partial charge >= 0.3 is 0 Å². The van der Waals surface area contributed by atoms with E-state index < -0.39 is 11.7 Å². The topological polar surface area (TPSA) is 45.6 Å². The van der Waals surface area contributed by atoms with Crippen LogP contribution in [0, 0.1) is 5.82 Å². The molecule has 0 aliphatic heterocycles. The molecule has 1 saturated carbocycles. The van der Waals surface area contributed by atoms with Gasteiger partial charge in [0, 0.05) is 31.5 Å². The van der Waals surface area contributed by atoms with Crippen molar-refractivity contribution >= 4 is 11.8 Å². The molecule has 2 amide bonds. The summed E-state index contributed by atoms with van der Waals surface area (Å²) >= 11 is 0. The fraction of sp³-hybridized carbons (Fsp3) is 0.455. The molecule has 1 aromatic carbocycles. The van der Waals surface area contributed by atoms with E-state index in [4.69, 9.17) is 0 Å². The molecule has 0 atom stereocenters. The fourth-order valence-electron chi connectivity index (χ4n) is 3.30. The van der Waals surface area contributed by atoms with E-state index in [1.54, 1.807) is 12.1 Å². The highest BCUT2D eigenvalue weighted by molar-refractivity contribution is 5.96.